The van der Waals surface area contributed by atoms with E-state index in [-0.39, 0.29) is 11.9 Å². The van der Waals surface area contributed by atoms with Gasteiger partial charge in [0.1, 0.15) is 11.8 Å². The van der Waals surface area contributed by atoms with Gasteiger partial charge in [0.2, 0.25) is 5.91 Å². The highest BCUT2D eigenvalue weighted by Crippen LogP contribution is 2.38. The summed E-state index contributed by atoms with van der Waals surface area (Å²) in [5.41, 5.74) is 1.98. The van der Waals surface area contributed by atoms with Crippen molar-refractivity contribution in [3.05, 3.63) is 18.2 Å². The van der Waals surface area contributed by atoms with E-state index in [2.05, 4.69) is 10.2 Å². The number of nitrogens with zero attached hydrogens (tertiary/aromatic N) is 1. The first-order valence-electron chi connectivity index (χ1n) is 5.55. The van der Waals surface area contributed by atoms with Gasteiger partial charge in [-0.2, -0.15) is 0 Å². The highest BCUT2D eigenvalue weighted by Gasteiger charge is 2.36. The van der Waals surface area contributed by atoms with E-state index < -0.39 is 0 Å². The van der Waals surface area contributed by atoms with E-state index in [1.54, 1.807) is 7.11 Å². The Kier molecular flexibility index (Phi) is 2.02. The molecule has 1 aromatic rings. The number of rotatable bonds is 1. The van der Waals surface area contributed by atoms with Gasteiger partial charge in [0.15, 0.2) is 0 Å². The molecule has 0 bridgehead atoms. The molecule has 2 heterocycles. The Balaban J connectivity index is 2.06. The SMILES string of the molecule is COc1ccc2c(c1)NC(=O)[C@@H]1CCCN21. The molecule has 16 heavy (non-hydrogen) atoms. The van der Waals surface area contributed by atoms with Gasteiger partial charge in [-0.3, -0.25) is 4.79 Å². The average molecular weight is 218 g/mol. The predicted octanol–water partition coefficient (Wildman–Crippen LogP) is 1.62. The van der Waals surface area contributed by atoms with Crippen LogP contribution in [0.2, 0.25) is 0 Å². The summed E-state index contributed by atoms with van der Waals surface area (Å²) in [6, 6.07) is 5.86. The lowest BCUT2D eigenvalue weighted by Gasteiger charge is -2.33. The van der Waals surface area contributed by atoms with E-state index in [0.29, 0.717) is 0 Å². The lowest BCUT2D eigenvalue weighted by Crippen LogP contribution is -2.43. The number of methoxy groups -OCH3 is 1. The van der Waals surface area contributed by atoms with E-state index in [9.17, 15) is 4.79 Å². The van der Waals surface area contributed by atoms with Crippen LogP contribution in [0.5, 0.6) is 5.75 Å². The van der Waals surface area contributed by atoms with Gasteiger partial charge < -0.3 is 15.0 Å². The van der Waals surface area contributed by atoms with Gasteiger partial charge >= 0.3 is 0 Å². The van der Waals surface area contributed by atoms with E-state index >= 15 is 0 Å². The molecule has 3 rings (SSSR count). The van der Waals surface area contributed by atoms with Crippen LogP contribution in [-0.2, 0) is 4.79 Å². The largest absolute Gasteiger partial charge is 0.497 e. The standard InChI is InChI=1S/C12H14N2O2/c1-16-8-4-5-10-9(7-8)13-12(15)11-3-2-6-14(10)11/h4-5,7,11H,2-3,6H2,1H3,(H,13,15)/t11-/m0/s1. The van der Waals surface area contributed by atoms with Crippen molar-refractivity contribution in [3.63, 3.8) is 0 Å². The third kappa shape index (κ3) is 1.26. The molecule has 0 aromatic heterocycles. The molecule has 1 N–H and O–H groups in total. The van der Waals surface area contributed by atoms with Crippen LogP contribution in [0.3, 0.4) is 0 Å². The molecule has 2 aliphatic rings. The molecule has 0 unspecified atom stereocenters. The topological polar surface area (TPSA) is 41.6 Å². The van der Waals surface area contributed by atoms with Crippen molar-refractivity contribution in [2.45, 2.75) is 18.9 Å². The summed E-state index contributed by atoms with van der Waals surface area (Å²) >= 11 is 0. The zero-order valence-corrected chi connectivity index (χ0v) is 9.19. The second-order valence-electron chi connectivity index (χ2n) is 4.22. The van der Waals surface area contributed by atoms with Crippen molar-refractivity contribution >= 4 is 17.3 Å². The van der Waals surface area contributed by atoms with Gasteiger partial charge in [-0.25, -0.2) is 0 Å². The minimum absolute atomic E-state index is 0.0286. The number of benzene rings is 1. The third-order valence-corrected chi connectivity index (χ3v) is 3.33. The van der Waals surface area contributed by atoms with Crippen molar-refractivity contribution in [3.8, 4) is 5.75 Å². The maximum atomic E-state index is 11.8. The molecule has 0 spiro atoms. The summed E-state index contributed by atoms with van der Waals surface area (Å²) in [7, 11) is 1.63. The quantitative estimate of drug-likeness (QED) is 0.778. The fourth-order valence-corrected chi connectivity index (χ4v) is 2.54. The third-order valence-electron chi connectivity index (χ3n) is 3.33. The fourth-order valence-electron chi connectivity index (χ4n) is 2.54. The van der Waals surface area contributed by atoms with Gasteiger partial charge in [-0.05, 0) is 25.0 Å². The normalized spacial score (nSPS) is 22.4. The first-order chi connectivity index (χ1) is 7.79. The Morgan fingerprint density at radius 3 is 3.19 bits per heavy atom. The predicted molar refractivity (Wildman–Crippen MR) is 62.0 cm³/mol. The van der Waals surface area contributed by atoms with Crippen LogP contribution in [0, 0.1) is 0 Å². The number of amides is 1. The molecule has 2 aliphatic heterocycles. The molecule has 1 fully saturated rings. The molecule has 1 saturated heterocycles. The number of nitrogens with one attached hydrogen (secondary N) is 1. The van der Waals surface area contributed by atoms with Gasteiger partial charge in [0.05, 0.1) is 18.5 Å². The molecule has 1 amide bonds. The Morgan fingerprint density at radius 1 is 1.50 bits per heavy atom. The summed E-state index contributed by atoms with van der Waals surface area (Å²) in [5, 5.41) is 2.95. The van der Waals surface area contributed by atoms with E-state index in [1.807, 2.05) is 18.2 Å². The molecular weight excluding hydrogens is 204 g/mol. The van der Waals surface area contributed by atoms with Crippen molar-refractivity contribution in [1.29, 1.82) is 0 Å². The minimum Gasteiger partial charge on any atom is -0.497 e. The highest BCUT2D eigenvalue weighted by atomic mass is 16.5. The monoisotopic (exact) mass is 218 g/mol. The van der Waals surface area contributed by atoms with Crippen LogP contribution in [0.1, 0.15) is 12.8 Å². The smallest absolute Gasteiger partial charge is 0.247 e. The molecule has 1 aromatic carbocycles. The van der Waals surface area contributed by atoms with Crippen molar-refractivity contribution < 1.29 is 9.53 Å². The number of fused-ring (bicyclic) bond motifs is 3. The van der Waals surface area contributed by atoms with Crippen LogP contribution < -0.4 is 15.0 Å². The molecule has 4 heteroatoms. The first-order valence-corrected chi connectivity index (χ1v) is 5.55. The Morgan fingerprint density at radius 2 is 2.38 bits per heavy atom. The molecule has 0 aliphatic carbocycles. The number of hydrogen-bond acceptors (Lipinski definition) is 3. The highest BCUT2D eigenvalue weighted by molar-refractivity contribution is 6.04. The molecular formula is C12H14N2O2. The Hall–Kier alpha value is -1.71. The number of carbonyl (C=O) groups is 1. The summed E-state index contributed by atoms with van der Waals surface area (Å²) in [5.74, 6) is 0.884. The molecule has 84 valence electrons. The van der Waals surface area contributed by atoms with Crippen molar-refractivity contribution in [1.82, 2.24) is 0 Å². The number of ether oxygens (including phenoxy) is 1. The van der Waals surface area contributed by atoms with Crippen LogP contribution in [0.25, 0.3) is 0 Å². The van der Waals surface area contributed by atoms with Crippen LogP contribution in [0.4, 0.5) is 11.4 Å². The zero-order chi connectivity index (χ0) is 11.1. The van der Waals surface area contributed by atoms with Gasteiger partial charge in [-0.15, -0.1) is 0 Å². The molecule has 0 radical (unpaired) electrons. The summed E-state index contributed by atoms with van der Waals surface area (Å²) in [6.45, 7) is 0.970. The lowest BCUT2D eigenvalue weighted by molar-refractivity contribution is -0.117. The first kappa shape index (κ1) is 9.51. The van der Waals surface area contributed by atoms with E-state index in [1.165, 1.54) is 0 Å². The Labute approximate surface area is 94.2 Å². The maximum absolute atomic E-state index is 11.8. The summed E-state index contributed by atoms with van der Waals surface area (Å²) in [4.78, 5) is 14.0. The van der Waals surface area contributed by atoms with Gasteiger partial charge in [0.25, 0.3) is 0 Å². The summed E-state index contributed by atoms with van der Waals surface area (Å²) < 4.78 is 5.16. The molecule has 4 nitrogen and oxygen atoms in total. The van der Waals surface area contributed by atoms with Gasteiger partial charge in [0, 0.05) is 12.6 Å². The van der Waals surface area contributed by atoms with Crippen molar-refractivity contribution in [2.75, 3.05) is 23.9 Å². The zero-order valence-electron chi connectivity index (χ0n) is 9.19. The number of anilines is 2. The second-order valence-corrected chi connectivity index (χ2v) is 4.22. The minimum atomic E-state index is 0.0286. The van der Waals surface area contributed by atoms with E-state index in [0.717, 1.165) is 36.5 Å². The molecule has 1 atom stereocenters. The summed E-state index contributed by atoms with van der Waals surface area (Å²) in [6.07, 6.45) is 2.04. The van der Waals surface area contributed by atoms with Crippen LogP contribution >= 0.6 is 0 Å². The number of hydrogen-bond donors (Lipinski definition) is 1. The van der Waals surface area contributed by atoms with Gasteiger partial charge in [-0.1, -0.05) is 0 Å². The molecule has 0 saturated carbocycles. The average Bonchev–Trinajstić information content (AvgIpc) is 2.78. The Bertz CT molecular complexity index is 445. The van der Waals surface area contributed by atoms with E-state index in [4.69, 9.17) is 4.74 Å². The maximum Gasteiger partial charge on any atom is 0.247 e. The second kappa shape index (κ2) is 3.40. The van der Waals surface area contributed by atoms with Crippen LogP contribution in [-0.4, -0.2) is 25.6 Å². The number of carbonyl (C=O) groups excluding carboxylic acids is 1. The fraction of sp³-hybridized carbons (Fsp3) is 0.417. The van der Waals surface area contributed by atoms with Crippen LogP contribution in [0.15, 0.2) is 18.2 Å². The van der Waals surface area contributed by atoms with Crippen molar-refractivity contribution in [2.24, 2.45) is 0 Å². The lowest BCUT2D eigenvalue weighted by atomic mass is 10.1.